The minimum absolute atomic E-state index is 0.185. The molecule has 24 heavy (non-hydrogen) atoms. The summed E-state index contributed by atoms with van der Waals surface area (Å²) in [6, 6.07) is 0.698. The van der Waals surface area contributed by atoms with Crippen molar-refractivity contribution in [3.8, 4) is 0 Å². The Morgan fingerprint density at radius 3 is 2.71 bits per heavy atom. The zero-order valence-corrected chi connectivity index (χ0v) is 15.0. The van der Waals surface area contributed by atoms with Gasteiger partial charge in [-0.15, -0.1) is 0 Å². The summed E-state index contributed by atoms with van der Waals surface area (Å²) in [6.45, 7) is 9.03. The fraction of sp³-hybridized carbons (Fsp3) is 0.824. The Kier molecular flexibility index (Phi) is 5.38. The Morgan fingerprint density at radius 2 is 2.04 bits per heavy atom. The molecule has 3 heterocycles. The summed E-state index contributed by atoms with van der Waals surface area (Å²) < 4.78 is 7.16. The van der Waals surface area contributed by atoms with Crippen LogP contribution in [0.3, 0.4) is 0 Å². The van der Waals surface area contributed by atoms with Gasteiger partial charge in [-0.05, 0) is 32.6 Å². The molecule has 2 aliphatic heterocycles. The number of carbonyl (C=O) groups excluding carboxylic acids is 1. The lowest BCUT2D eigenvalue weighted by Crippen LogP contribution is -2.46. The number of piperidine rings is 1. The number of carbonyl (C=O) groups is 1. The molecule has 0 aromatic carbocycles. The predicted molar refractivity (Wildman–Crippen MR) is 90.8 cm³/mol. The van der Waals surface area contributed by atoms with Crippen LogP contribution < -0.4 is 5.32 Å². The smallest absolute Gasteiger partial charge is 0.409 e. The van der Waals surface area contributed by atoms with E-state index in [4.69, 9.17) is 9.72 Å². The van der Waals surface area contributed by atoms with E-state index in [-0.39, 0.29) is 12.1 Å². The number of fused-ring (bicyclic) bond motifs is 1. The van der Waals surface area contributed by atoms with E-state index in [1.165, 1.54) is 0 Å². The van der Waals surface area contributed by atoms with Crippen LogP contribution in [0.15, 0.2) is 0 Å². The number of nitrogens with zero attached hydrogens (tertiary/aromatic N) is 4. The maximum atomic E-state index is 11.8. The second kappa shape index (κ2) is 7.51. The maximum absolute atomic E-state index is 11.8. The zero-order chi connectivity index (χ0) is 17.1. The van der Waals surface area contributed by atoms with E-state index >= 15 is 0 Å². The van der Waals surface area contributed by atoms with Crippen molar-refractivity contribution in [1.29, 1.82) is 0 Å². The van der Waals surface area contributed by atoms with Crippen LogP contribution in [0.1, 0.15) is 70.1 Å². The molecule has 1 amide bonds. The highest BCUT2D eigenvalue weighted by molar-refractivity contribution is 5.67. The first kappa shape index (κ1) is 17.2. The maximum Gasteiger partial charge on any atom is 0.409 e. The van der Waals surface area contributed by atoms with Crippen LogP contribution in [0.5, 0.6) is 0 Å². The van der Waals surface area contributed by atoms with Crippen LogP contribution in [0, 0.1) is 0 Å². The van der Waals surface area contributed by atoms with Gasteiger partial charge < -0.3 is 15.0 Å². The van der Waals surface area contributed by atoms with Gasteiger partial charge in [-0.3, -0.25) is 0 Å². The summed E-state index contributed by atoms with van der Waals surface area (Å²) >= 11 is 0. The van der Waals surface area contributed by atoms with Gasteiger partial charge in [0.2, 0.25) is 0 Å². The van der Waals surface area contributed by atoms with Gasteiger partial charge in [0.25, 0.3) is 0 Å². The van der Waals surface area contributed by atoms with Crippen molar-refractivity contribution < 1.29 is 9.53 Å². The van der Waals surface area contributed by atoms with E-state index in [1.807, 2.05) is 11.8 Å². The Hall–Kier alpha value is -1.63. The minimum atomic E-state index is -0.185. The van der Waals surface area contributed by atoms with Gasteiger partial charge >= 0.3 is 6.09 Å². The molecule has 1 N–H and O–H groups in total. The van der Waals surface area contributed by atoms with Gasteiger partial charge in [0.1, 0.15) is 5.82 Å². The fourth-order valence-corrected chi connectivity index (χ4v) is 3.50. The molecule has 1 aromatic rings. The van der Waals surface area contributed by atoms with E-state index in [0.29, 0.717) is 18.6 Å². The SMILES string of the molecule is CCOC(=O)N1CCC(N[C@H]2CCCn3nc(C(C)C)nc32)CC1. The molecule has 0 unspecified atom stereocenters. The van der Waals surface area contributed by atoms with E-state index in [0.717, 1.165) is 57.0 Å². The number of amides is 1. The molecule has 0 aliphatic carbocycles. The number of nitrogens with one attached hydrogen (secondary N) is 1. The van der Waals surface area contributed by atoms with Crippen LogP contribution in [-0.2, 0) is 11.3 Å². The minimum Gasteiger partial charge on any atom is -0.450 e. The van der Waals surface area contributed by atoms with Gasteiger partial charge in [0.05, 0.1) is 12.6 Å². The first-order valence-electron chi connectivity index (χ1n) is 9.20. The van der Waals surface area contributed by atoms with Gasteiger partial charge in [0.15, 0.2) is 5.82 Å². The third-order valence-corrected chi connectivity index (χ3v) is 4.87. The standard InChI is InChI=1S/C17H29N5O2/c1-4-24-17(23)21-10-7-13(8-11-21)18-14-6-5-9-22-16(14)19-15(20-22)12(2)3/h12-14,18H,4-11H2,1-3H3/t14-/m0/s1. The number of likely N-dealkylation sites (tertiary alicyclic amines) is 1. The molecular weight excluding hydrogens is 306 g/mol. The third kappa shape index (κ3) is 3.71. The van der Waals surface area contributed by atoms with Crippen molar-refractivity contribution >= 4 is 6.09 Å². The molecule has 3 rings (SSSR count). The average Bonchev–Trinajstić information content (AvgIpc) is 3.01. The molecule has 1 fully saturated rings. The molecule has 7 nitrogen and oxygen atoms in total. The summed E-state index contributed by atoms with van der Waals surface area (Å²) in [6.07, 6.45) is 3.97. The highest BCUT2D eigenvalue weighted by Crippen LogP contribution is 2.26. The lowest BCUT2D eigenvalue weighted by Gasteiger charge is -2.34. The van der Waals surface area contributed by atoms with Crippen molar-refractivity contribution in [3.05, 3.63) is 11.6 Å². The van der Waals surface area contributed by atoms with Gasteiger partial charge in [-0.25, -0.2) is 14.5 Å². The highest BCUT2D eigenvalue weighted by Gasteiger charge is 2.29. The molecule has 0 spiro atoms. The number of rotatable bonds is 4. The lowest BCUT2D eigenvalue weighted by molar-refractivity contribution is 0.0936. The van der Waals surface area contributed by atoms with Crippen molar-refractivity contribution in [2.75, 3.05) is 19.7 Å². The van der Waals surface area contributed by atoms with E-state index in [2.05, 4.69) is 28.9 Å². The molecule has 134 valence electrons. The normalized spacial score (nSPS) is 21.8. The lowest BCUT2D eigenvalue weighted by atomic mass is 10.0. The summed E-state index contributed by atoms with van der Waals surface area (Å²) in [4.78, 5) is 18.4. The van der Waals surface area contributed by atoms with E-state index < -0.39 is 0 Å². The zero-order valence-electron chi connectivity index (χ0n) is 15.0. The molecule has 0 bridgehead atoms. The summed E-state index contributed by atoms with van der Waals surface area (Å²) in [5.74, 6) is 2.38. The Bertz CT molecular complexity index is 563. The molecule has 0 radical (unpaired) electrons. The third-order valence-electron chi connectivity index (χ3n) is 4.87. The fourth-order valence-electron chi connectivity index (χ4n) is 3.50. The predicted octanol–water partition coefficient (Wildman–Crippen LogP) is 2.45. The van der Waals surface area contributed by atoms with E-state index in [9.17, 15) is 4.79 Å². The molecule has 7 heteroatoms. The highest BCUT2D eigenvalue weighted by atomic mass is 16.6. The molecule has 1 saturated heterocycles. The van der Waals surface area contributed by atoms with Gasteiger partial charge in [-0.2, -0.15) is 5.10 Å². The Morgan fingerprint density at radius 1 is 1.29 bits per heavy atom. The number of hydrogen-bond donors (Lipinski definition) is 1. The van der Waals surface area contributed by atoms with Crippen LogP contribution in [0.4, 0.5) is 4.79 Å². The molecule has 0 saturated carbocycles. The van der Waals surface area contributed by atoms with Crippen molar-refractivity contribution in [2.24, 2.45) is 0 Å². The van der Waals surface area contributed by atoms with Gasteiger partial charge in [0, 0.05) is 31.6 Å². The largest absolute Gasteiger partial charge is 0.450 e. The summed E-state index contributed by atoms with van der Waals surface area (Å²) in [5.41, 5.74) is 0. The van der Waals surface area contributed by atoms with Crippen LogP contribution in [0.2, 0.25) is 0 Å². The van der Waals surface area contributed by atoms with Crippen LogP contribution in [-0.4, -0.2) is 51.5 Å². The number of ether oxygens (including phenoxy) is 1. The second-order valence-electron chi connectivity index (χ2n) is 7.03. The molecular formula is C17H29N5O2. The quantitative estimate of drug-likeness (QED) is 0.915. The van der Waals surface area contributed by atoms with Crippen LogP contribution in [0.25, 0.3) is 0 Å². The Balaban J connectivity index is 1.58. The Labute approximate surface area is 143 Å². The van der Waals surface area contributed by atoms with Crippen molar-refractivity contribution in [1.82, 2.24) is 25.0 Å². The van der Waals surface area contributed by atoms with Crippen molar-refractivity contribution in [3.63, 3.8) is 0 Å². The van der Waals surface area contributed by atoms with Crippen LogP contribution >= 0.6 is 0 Å². The monoisotopic (exact) mass is 335 g/mol. The van der Waals surface area contributed by atoms with Crippen molar-refractivity contribution in [2.45, 2.75) is 71.0 Å². The first-order valence-corrected chi connectivity index (χ1v) is 9.20. The van der Waals surface area contributed by atoms with E-state index in [1.54, 1.807) is 0 Å². The number of aryl methyl sites for hydroxylation is 1. The molecule has 1 atom stereocenters. The average molecular weight is 335 g/mol. The number of aromatic nitrogens is 3. The molecule has 2 aliphatic rings. The van der Waals surface area contributed by atoms with Gasteiger partial charge in [-0.1, -0.05) is 13.8 Å². The summed E-state index contributed by atoms with van der Waals surface area (Å²) in [5, 5.41) is 8.40. The first-order chi connectivity index (χ1) is 11.6. The topological polar surface area (TPSA) is 72.3 Å². The molecule has 1 aromatic heterocycles. The number of hydrogen-bond acceptors (Lipinski definition) is 5. The second-order valence-corrected chi connectivity index (χ2v) is 7.03. The summed E-state index contributed by atoms with van der Waals surface area (Å²) in [7, 11) is 0.